The number of nitrogens with one attached hydrogen (secondary N) is 1. The Kier molecular flexibility index (Phi) is 5.90. The van der Waals surface area contributed by atoms with Crippen molar-refractivity contribution < 1.29 is 23.9 Å². The molecule has 2 heterocycles. The number of imide groups is 2. The number of rotatable bonds is 6. The molecule has 2 aliphatic rings. The second-order valence-electron chi connectivity index (χ2n) is 6.73. The molecular formula is C18H23N5O5. The number of benzene rings is 1. The average Bonchev–Trinajstić information content (AvgIpc) is 2.87. The molecule has 0 bridgehead atoms. The van der Waals surface area contributed by atoms with Gasteiger partial charge >= 0.3 is 17.8 Å². The summed E-state index contributed by atoms with van der Waals surface area (Å²) in [5, 5.41) is 2.78. The third kappa shape index (κ3) is 4.29. The van der Waals surface area contributed by atoms with Gasteiger partial charge in [0, 0.05) is 31.5 Å². The summed E-state index contributed by atoms with van der Waals surface area (Å²) in [7, 11) is 2.83. The number of hydrogen-bond donors (Lipinski definition) is 1. The van der Waals surface area contributed by atoms with Crippen LogP contribution in [0.1, 0.15) is 0 Å². The van der Waals surface area contributed by atoms with Crippen LogP contribution in [-0.2, 0) is 19.1 Å². The molecule has 0 spiro atoms. The number of amides is 5. The van der Waals surface area contributed by atoms with Gasteiger partial charge in [-0.1, -0.05) is 0 Å². The number of likely N-dealkylation sites (N-methyl/N-ethyl adjacent to an activating group) is 2. The lowest BCUT2D eigenvalue weighted by atomic mass is 10.2. The molecule has 3 rings (SSSR count). The summed E-state index contributed by atoms with van der Waals surface area (Å²) in [5.74, 6) is -2.05. The van der Waals surface area contributed by atoms with Gasteiger partial charge in [-0.25, -0.2) is 9.69 Å². The van der Waals surface area contributed by atoms with Crippen molar-refractivity contribution in [3.8, 4) is 0 Å². The highest BCUT2D eigenvalue weighted by atomic mass is 16.5. The van der Waals surface area contributed by atoms with Crippen molar-refractivity contribution >= 4 is 35.1 Å². The summed E-state index contributed by atoms with van der Waals surface area (Å²) in [5.41, 5.74) is 1.72. The van der Waals surface area contributed by atoms with Crippen LogP contribution < -0.4 is 10.2 Å². The Balaban J connectivity index is 1.50. The lowest BCUT2D eigenvalue weighted by molar-refractivity contribution is -0.143. The zero-order valence-corrected chi connectivity index (χ0v) is 15.9. The first-order valence-corrected chi connectivity index (χ1v) is 8.91. The van der Waals surface area contributed by atoms with Crippen molar-refractivity contribution in [3.05, 3.63) is 24.3 Å². The maximum absolute atomic E-state index is 12.2. The first-order valence-electron chi connectivity index (χ1n) is 8.91. The van der Waals surface area contributed by atoms with Crippen LogP contribution >= 0.6 is 0 Å². The number of morpholine rings is 1. The SMILES string of the molecule is CN(CC(=O)Nc1ccc(N2CCOCC2)cc1)CN1C(=O)C(=O)N(C)C1=O. The van der Waals surface area contributed by atoms with Gasteiger partial charge in [-0.3, -0.25) is 24.2 Å². The van der Waals surface area contributed by atoms with Crippen LogP contribution in [-0.4, -0.2) is 92.1 Å². The summed E-state index contributed by atoms with van der Waals surface area (Å²) in [4.78, 5) is 52.7. The third-order valence-electron chi connectivity index (χ3n) is 4.57. The van der Waals surface area contributed by atoms with Gasteiger partial charge < -0.3 is 15.0 Å². The van der Waals surface area contributed by atoms with E-state index in [2.05, 4.69) is 10.2 Å². The largest absolute Gasteiger partial charge is 0.378 e. The molecule has 2 saturated heterocycles. The highest BCUT2D eigenvalue weighted by molar-refractivity contribution is 6.44. The maximum atomic E-state index is 12.2. The van der Waals surface area contributed by atoms with Crippen LogP contribution in [0, 0.1) is 0 Å². The van der Waals surface area contributed by atoms with E-state index in [4.69, 9.17) is 4.74 Å². The average molecular weight is 389 g/mol. The molecule has 0 radical (unpaired) electrons. The van der Waals surface area contributed by atoms with Crippen molar-refractivity contribution in [2.45, 2.75) is 0 Å². The Morgan fingerprint density at radius 2 is 1.75 bits per heavy atom. The Hall–Kier alpha value is -2.98. The van der Waals surface area contributed by atoms with E-state index >= 15 is 0 Å². The molecule has 0 atom stereocenters. The van der Waals surface area contributed by atoms with Crippen molar-refractivity contribution in [1.82, 2.24) is 14.7 Å². The predicted molar refractivity (Wildman–Crippen MR) is 101 cm³/mol. The van der Waals surface area contributed by atoms with Gasteiger partial charge in [-0.05, 0) is 31.3 Å². The van der Waals surface area contributed by atoms with Gasteiger partial charge in [0.1, 0.15) is 0 Å². The van der Waals surface area contributed by atoms with Gasteiger partial charge in [0.2, 0.25) is 5.91 Å². The minimum absolute atomic E-state index is 0.0415. The quantitative estimate of drug-likeness (QED) is 0.530. The first-order chi connectivity index (χ1) is 13.4. The monoisotopic (exact) mass is 389 g/mol. The van der Waals surface area contributed by atoms with E-state index in [1.54, 1.807) is 7.05 Å². The van der Waals surface area contributed by atoms with Crippen molar-refractivity contribution in [3.63, 3.8) is 0 Å². The molecule has 0 saturated carbocycles. The molecule has 1 aromatic carbocycles. The minimum atomic E-state index is -0.890. The van der Waals surface area contributed by atoms with E-state index in [1.165, 1.54) is 11.9 Å². The maximum Gasteiger partial charge on any atom is 0.335 e. The molecule has 0 aromatic heterocycles. The van der Waals surface area contributed by atoms with Crippen LogP contribution in [0.4, 0.5) is 16.2 Å². The number of ether oxygens (including phenoxy) is 1. The Morgan fingerprint density at radius 1 is 1.11 bits per heavy atom. The molecule has 150 valence electrons. The van der Waals surface area contributed by atoms with Crippen LogP contribution in [0.3, 0.4) is 0 Å². The van der Waals surface area contributed by atoms with Crippen LogP contribution in [0.15, 0.2) is 24.3 Å². The Labute approximate surface area is 162 Å². The lowest BCUT2D eigenvalue weighted by Gasteiger charge is -2.29. The number of nitrogens with zero attached hydrogens (tertiary/aromatic N) is 4. The van der Waals surface area contributed by atoms with Crippen LogP contribution in [0.2, 0.25) is 0 Å². The Morgan fingerprint density at radius 3 is 2.32 bits per heavy atom. The van der Waals surface area contributed by atoms with Gasteiger partial charge in [-0.2, -0.15) is 0 Å². The second-order valence-corrected chi connectivity index (χ2v) is 6.73. The molecule has 10 heteroatoms. The normalized spacial score (nSPS) is 17.7. The number of anilines is 2. The number of hydrogen-bond acceptors (Lipinski definition) is 7. The highest BCUT2D eigenvalue weighted by Crippen LogP contribution is 2.19. The molecule has 10 nitrogen and oxygen atoms in total. The zero-order chi connectivity index (χ0) is 20.3. The standard InChI is InChI=1S/C18H23N5O5/c1-20(12-23-17(26)16(25)21(2)18(23)27)11-15(24)19-13-3-5-14(6-4-13)22-7-9-28-10-8-22/h3-6H,7-12H2,1-2H3,(H,19,24). The van der Waals surface area contributed by atoms with Crippen molar-refractivity contribution in [2.75, 3.05) is 63.8 Å². The molecule has 1 aromatic rings. The molecule has 2 aliphatic heterocycles. The van der Waals surface area contributed by atoms with Crippen LogP contribution in [0.5, 0.6) is 0 Å². The molecule has 1 N–H and O–H groups in total. The van der Waals surface area contributed by atoms with Crippen molar-refractivity contribution in [2.24, 2.45) is 0 Å². The molecule has 28 heavy (non-hydrogen) atoms. The van der Waals surface area contributed by atoms with E-state index < -0.39 is 17.8 Å². The molecular weight excluding hydrogens is 366 g/mol. The summed E-state index contributed by atoms with van der Waals surface area (Å²) in [6, 6.07) is 6.83. The molecule has 2 fully saturated rings. The number of carbonyl (C=O) groups is 4. The Bertz CT molecular complexity index is 775. The molecule has 0 unspecified atom stereocenters. The van der Waals surface area contributed by atoms with Gasteiger partial charge in [-0.15, -0.1) is 0 Å². The van der Waals surface area contributed by atoms with Gasteiger partial charge in [0.15, 0.2) is 0 Å². The van der Waals surface area contributed by atoms with E-state index in [0.29, 0.717) is 18.9 Å². The van der Waals surface area contributed by atoms with Gasteiger partial charge in [0.05, 0.1) is 26.4 Å². The summed E-state index contributed by atoms with van der Waals surface area (Å²) in [6.07, 6.45) is 0. The smallest absolute Gasteiger partial charge is 0.335 e. The summed E-state index contributed by atoms with van der Waals surface area (Å²) < 4.78 is 5.34. The fourth-order valence-electron chi connectivity index (χ4n) is 3.05. The number of carbonyl (C=O) groups excluding carboxylic acids is 4. The highest BCUT2D eigenvalue weighted by Gasteiger charge is 2.42. The van der Waals surface area contributed by atoms with Crippen LogP contribution in [0.25, 0.3) is 0 Å². The van der Waals surface area contributed by atoms with E-state index in [0.717, 1.165) is 28.6 Å². The van der Waals surface area contributed by atoms with E-state index in [-0.39, 0.29) is 19.1 Å². The predicted octanol–water partition coefficient (Wildman–Crippen LogP) is -0.228. The third-order valence-corrected chi connectivity index (χ3v) is 4.57. The minimum Gasteiger partial charge on any atom is -0.378 e. The lowest BCUT2D eigenvalue weighted by Crippen LogP contribution is -2.43. The van der Waals surface area contributed by atoms with Gasteiger partial charge in [0.25, 0.3) is 0 Å². The second kappa shape index (κ2) is 8.36. The molecule has 0 aliphatic carbocycles. The summed E-state index contributed by atoms with van der Waals surface area (Å²) >= 11 is 0. The topological polar surface area (TPSA) is 102 Å². The van der Waals surface area contributed by atoms with Crippen molar-refractivity contribution in [1.29, 1.82) is 0 Å². The molecule has 5 amide bonds. The zero-order valence-electron chi connectivity index (χ0n) is 15.9. The number of urea groups is 1. The summed E-state index contributed by atoms with van der Waals surface area (Å²) in [6.45, 7) is 2.89. The fourth-order valence-corrected chi connectivity index (χ4v) is 3.05. The fraction of sp³-hybridized carbons (Fsp3) is 0.444. The first kappa shape index (κ1) is 19.8. The van der Waals surface area contributed by atoms with E-state index in [1.807, 2.05) is 24.3 Å². The van der Waals surface area contributed by atoms with E-state index in [9.17, 15) is 19.2 Å².